The standard InChI is InChI=1S/C21H23BFN7O/c1-28-12-26-18-19(28)16-10-17(14-7-13(11-24)8-15(23)9-14)30(5-3-25-4-6-31)20(16)27-21(18)29(2)22/h7-10,12,25,31H,3-6,22H2,1-2H3. The fourth-order valence-electron chi connectivity index (χ4n) is 3.87. The van der Waals surface area contributed by atoms with Crippen molar-refractivity contribution in [2.45, 2.75) is 6.54 Å². The van der Waals surface area contributed by atoms with Crippen LogP contribution in [0.25, 0.3) is 33.3 Å². The third-order valence-corrected chi connectivity index (χ3v) is 5.23. The van der Waals surface area contributed by atoms with Crippen LogP contribution in [0.5, 0.6) is 0 Å². The van der Waals surface area contributed by atoms with Crippen molar-refractivity contribution in [3.05, 3.63) is 42.0 Å². The molecule has 0 aliphatic rings. The van der Waals surface area contributed by atoms with Crippen molar-refractivity contribution in [3.8, 4) is 17.3 Å². The lowest BCUT2D eigenvalue weighted by molar-refractivity contribution is 0.291. The molecule has 0 radical (unpaired) electrons. The molecule has 1 aromatic carbocycles. The third-order valence-electron chi connectivity index (χ3n) is 5.23. The van der Waals surface area contributed by atoms with Gasteiger partial charge >= 0.3 is 0 Å². The van der Waals surface area contributed by atoms with E-state index in [0.717, 1.165) is 33.6 Å². The summed E-state index contributed by atoms with van der Waals surface area (Å²) in [4.78, 5) is 11.4. The smallest absolute Gasteiger partial charge is 0.219 e. The largest absolute Gasteiger partial charge is 0.408 e. The number of benzene rings is 1. The number of halogens is 1. The molecule has 0 atom stereocenters. The summed E-state index contributed by atoms with van der Waals surface area (Å²) in [6, 6.07) is 8.34. The average Bonchev–Trinajstić information content (AvgIpc) is 3.30. The Hall–Kier alpha value is -3.42. The number of hydrogen-bond donors (Lipinski definition) is 2. The highest BCUT2D eigenvalue weighted by Crippen LogP contribution is 2.35. The van der Waals surface area contributed by atoms with E-state index in [0.29, 0.717) is 25.2 Å². The van der Waals surface area contributed by atoms with Gasteiger partial charge in [-0.1, -0.05) is 0 Å². The number of imidazole rings is 1. The van der Waals surface area contributed by atoms with Gasteiger partial charge < -0.3 is 24.4 Å². The van der Waals surface area contributed by atoms with Crippen LogP contribution >= 0.6 is 0 Å². The van der Waals surface area contributed by atoms with E-state index in [4.69, 9.17) is 10.1 Å². The maximum atomic E-state index is 14.2. The summed E-state index contributed by atoms with van der Waals surface area (Å²) < 4.78 is 18.2. The summed E-state index contributed by atoms with van der Waals surface area (Å²) in [7, 11) is 5.78. The molecule has 0 fully saturated rings. The molecule has 8 nitrogen and oxygen atoms in total. The molecule has 0 bridgehead atoms. The summed E-state index contributed by atoms with van der Waals surface area (Å²) in [6.45, 7) is 1.68. The van der Waals surface area contributed by atoms with Gasteiger partial charge in [-0.25, -0.2) is 14.4 Å². The molecule has 0 spiro atoms. The number of hydrogen-bond acceptors (Lipinski definition) is 6. The molecule has 3 aromatic heterocycles. The molecule has 0 aliphatic heterocycles. The lowest BCUT2D eigenvalue weighted by atomic mass is 10.1. The minimum Gasteiger partial charge on any atom is -0.408 e. The Kier molecular flexibility index (Phi) is 5.63. The normalized spacial score (nSPS) is 11.3. The predicted molar refractivity (Wildman–Crippen MR) is 121 cm³/mol. The first-order valence-corrected chi connectivity index (χ1v) is 9.98. The SMILES string of the molecule is BN(C)c1nc2c(cc(-c3cc(F)cc(C#N)c3)n2CCNCCO)c2c1ncn2C. The first-order chi connectivity index (χ1) is 14.9. The minimum atomic E-state index is -0.461. The van der Waals surface area contributed by atoms with Crippen LogP contribution in [0.2, 0.25) is 0 Å². The van der Waals surface area contributed by atoms with E-state index in [2.05, 4.69) is 10.3 Å². The van der Waals surface area contributed by atoms with Crippen LogP contribution in [0, 0.1) is 17.1 Å². The Bertz CT molecular complexity index is 1310. The molecule has 0 aliphatic carbocycles. The molecule has 158 valence electrons. The van der Waals surface area contributed by atoms with E-state index < -0.39 is 5.82 Å². The number of nitrogens with zero attached hydrogens (tertiary/aromatic N) is 6. The molecule has 4 aromatic rings. The Morgan fingerprint density at radius 3 is 2.81 bits per heavy atom. The Balaban J connectivity index is 2.01. The number of fused-ring (bicyclic) bond motifs is 3. The highest BCUT2D eigenvalue weighted by molar-refractivity contribution is 6.20. The average molecular weight is 419 g/mol. The molecule has 0 saturated carbocycles. The predicted octanol–water partition coefficient (Wildman–Crippen LogP) is 1.17. The lowest BCUT2D eigenvalue weighted by Crippen LogP contribution is -2.23. The highest BCUT2D eigenvalue weighted by atomic mass is 19.1. The minimum absolute atomic E-state index is 0.0490. The third kappa shape index (κ3) is 3.74. The van der Waals surface area contributed by atoms with Crippen LogP contribution in [0.15, 0.2) is 30.6 Å². The van der Waals surface area contributed by atoms with Crippen molar-refractivity contribution in [2.75, 3.05) is 31.6 Å². The van der Waals surface area contributed by atoms with Gasteiger partial charge in [-0.05, 0) is 31.3 Å². The van der Waals surface area contributed by atoms with Gasteiger partial charge in [0.1, 0.15) is 22.8 Å². The van der Waals surface area contributed by atoms with Gasteiger partial charge in [0.05, 0.1) is 35.8 Å². The van der Waals surface area contributed by atoms with E-state index in [1.807, 2.05) is 48.2 Å². The van der Waals surface area contributed by atoms with Crippen molar-refractivity contribution in [3.63, 3.8) is 0 Å². The number of nitriles is 1. The first-order valence-electron chi connectivity index (χ1n) is 9.98. The molecular weight excluding hydrogens is 396 g/mol. The van der Waals surface area contributed by atoms with E-state index >= 15 is 0 Å². The lowest BCUT2D eigenvalue weighted by Gasteiger charge is -2.15. The summed E-state index contributed by atoms with van der Waals surface area (Å²) in [5, 5.41) is 22.5. The number of aryl methyl sites for hydroxylation is 1. The highest BCUT2D eigenvalue weighted by Gasteiger charge is 2.20. The summed E-state index contributed by atoms with van der Waals surface area (Å²) in [5.74, 6) is 0.283. The van der Waals surface area contributed by atoms with Gasteiger partial charge in [-0.3, -0.25) is 0 Å². The summed E-state index contributed by atoms with van der Waals surface area (Å²) in [5.41, 5.74) is 4.12. The van der Waals surface area contributed by atoms with Crippen molar-refractivity contribution in [1.82, 2.24) is 24.4 Å². The maximum absolute atomic E-state index is 14.2. The zero-order chi connectivity index (χ0) is 22.1. The second-order valence-electron chi connectivity index (χ2n) is 7.62. The van der Waals surface area contributed by atoms with Crippen molar-refractivity contribution >= 4 is 35.9 Å². The molecular formula is C21H23BFN7O. The van der Waals surface area contributed by atoms with Crippen molar-refractivity contribution in [2.24, 2.45) is 7.05 Å². The van der Waals surface area contributed by atoms with Crippen LogP contribution in [-0.4, -0.2) is 58.9 Å². The number of aromatic nitrogens is 4. The van der Waals surface area contributed by atoms with E-state index in [-0.39, 0.29) is 12.2 Å². The first kappa shape index (κ1) is 20.8. The quantitative estimate of drug-likeness (QED) is 0.345. The topological polar surface area (TPSA) is 94.9 Å². The van der Waals surface area contributed by atoms with E-state index in [1.165, 1.54) is 12.1 Å². The van der Waals surface area contributed by atoms with Crippen LogP contribution in [0.1, 0.15) is 5.56 Å². The van der Waals surface area contributed by atoms with Crippen molar-refractivity contribution in [1.29, 1.82) is 5.26 Å². The van der Waals surface area contributed by atoms with Gasteiger partial charge in [0, 0.05) is 37.6 Å². The Labute approximate surface area is 180 Å². The van der Waals surface area contributed by atoms with Gasteiger partial charge in [-0.2, -0.15) is 5.26 Å². The second kappa shape index (κ2) is 8.37. The molecule has 3 heterocycles. The molecule has 0 unspecified atom stereocenters. The van der Waals surface area contributed by atoms with Crippen LogP contribution in [-0.2, 0) is 13.6 Å². The van der Waals surface area contributed by atoms with Gasteiger partial charge in [-0.15, -0.1) is 0 Å². The zero-order valence-corrected chi connectivity index (χ0v) is 17.7. The number of anilines is 1. The molecule has 31 heavy (non-hydrogen) atoms. The molecule has 4 rings (SSSR count). The molecule has 0 amide bonds. The molecule has 0 saturated heterocycles. The second-order valence-corrected chi connectivity index (χ2v) is 7.62. The van der Waals surface area contributed by atoms with Crippen LogP contribution in [0.4, 0.5) is 10.2 Å². The fourth-order valence-corrected chi connectivity index (χ4v) is 3.87. The van der Waals surface area contributed by atoms with Gasteiger partial charge in [0.25, 0.3) is 0 Å². The number of aliphatic hydroxyl groups excluding tert-OH is 1. The fraction of sp³-hybridized carbons (Fsp3) is 0.286. The number of rotatable bonds is 7. The molecule has 2 N–H and O–H groups in total. The zero-order valence-electron chi connectivity index (χ0n) is 17.7. The van der Waals surface area contributed by atoms with E-state index in [1.54, 1.807) is 12.4 Å². The van der Waals surface area contributed by atoms with Gasteiger partial charge in [0.2, 0.25) is 7.98 Å². The number of nitrogens with one attached hydrogen (secondary N) is 1. The van der Waals surface area contributed by atoms with Gasteiger partial charge in [0.15, 0.2) is 0 Å². The number of aliphatic hydroxyl groups is 1. The summed E-state index contributed by atoms with van der Waals surface area (Å²) in [6.07, 6.45) is 1.76. The van der Waals surface area contributed by atoms with E-state index in [9.17, 15) is 9.65 Å². The maximum Gasteiger partial charge on any atom is 0.219 e. The van der Waals surface area contributed by atoms with Crippen LogP contribution < -0.4 is 10.1 Å². The Morgan fingerprint density at radius 1 is 1.29 bits per heavy atom. The Morgan fingerprint density at radius 2 is 2.10 bits per heavy atom. The van der Waals surface area contributed by atoms with Crippen LogP contribution in [0.3, 0.4) is 0 Å². The summed E-state index contributed by atoms with van der Waals surface area (Å²) >= 11 is 0. The van der Waals surface area contributed by atoms with Crippen molar-refractivity contribution < 1.29 is 9.50 Å². The molecule has 10 heteroatoms. The monoisotopic (exact) mass is 419 g/mol. The number of pyridine rings is 1.